The molecule has 5 rings (SSSR count). The van der Waals surface area contributed by atoms with Crippen molar-refractivity contribution in [2.24, 2.45) is 5.92 Å². The van der Waals surface area contributed by atoms with E-state index in [0.717, 1.165) is 27.1 Å². The van der Waals surface area contributed by atoms with Crippen molar-refractivity contribution >= 4 is 50.6 Å². The molecule has 40 heavy (non-hydrogen) atoms. The summed E-state index contributed by atoms with van der Waals surface area (Å²) in [6.07, 6.45) is 0.0314. The number of aromatic nitrogens is 2. The van der Waals surface area contributed by atoms with E-state index in [9.17, 15) is 19.2 Å². The molecule has 1 atom stereocenters. The van der Waals surface area contributed by atoms with Gasteiger partial charge in [-0.25, -0.2) is 4.79 Å². The summed E-state index contributed by atoms with van der Waals surface area (Å²) in [5, 5.41) is 9.55. The molecule has 1 aliphatic rings. The van der Waals surface area contributed by atoms with E-state index in [1.165, 1.54) is 0 Å². The summed E-state index contributed by atoms with van der Waals surface area (Å²) in [4.78, 5) is 54.2. The highest BCUT2D eigenvalue weighted by Crippen LogP contribution is 2.33. The number of esters is 1. The first kappa shape index (κ1) is 27.1. The number of amides is 2. The molecule has 206 valence electrons. The Morgan fingerprint density at radius 2 is 1.80 bits per heavy atom. The first-order valence-electron chi connectivity index (χ1n) is 12.8. The lowest BCUT2D eigenvalue weighted by Gasteiger charge is -2.17. The number of nitrogens with one attached hydrogen (secondary N) is 1. The van der Waals surface area contributed by atoms with E-state index in [4.69, 9.17) is 9.47 Å². The fourth-order valence-electron chi connectivity index (χ4n) is 4.63. The number of benzene rings is 2. The SMILES string of the molecule is CCOC(=O)c1nn(-c2ccc(C)c(C)c2)c(=O)c2c(NC(=O)C3CC(=O)N(c4ccc(OC)cc4)C3)scc12. The molecular formula is C29H28N4O6S. The minimum atomic E-state index is -0.669. The first-order valence-corrected chi connectivity index (χ1v) is 13.6. The zero-order valence-electron chi connectivity index (χ0n) is 22.5. The maximum Gasteiger partial charge on any atom is 0.359 e. The van der Waals surface area contributed by atoms with Crippen LogP contribution in [0.25, 0.3) is 16.5 Å². The topological polar surface area (TPSA) is 120 Å². The molecule has 0 spiro atoms. The van der Waals surface area contributed by atoms with E-state index >= 15 is 0 Å². The van der Waals surface area contributed by atoms with Gasteiger partial charge >= 0.3 is 5.97 Å². The van der Waals surface area contributed by atoms with Crippen LogP contribution < -0.4 is 20.5 Å². The van der Waals surface area contributed by atoms with Crippen LogP contribution in [0.15, 0.2) is 52.6 Å². The maximum absolute atomic E-state index is 13.7. The van der Waals surface area contributed by atoms with E-state index in [2.05, 4.69) is 10.4 Å². The summed E-state index contributed by atoms with van der Waals surface area (Å²) in [7, 11) is 1.56. The number of rotatable bonds is 7. The van der Waals surface area contributed by atoms with Crippen molar-refractivity contribution in [1.82, 2.24) is 9.78 Å². The lowest BCUT2D eigenvalue weighted by molar-refractivity contribution is -0.122. The van der Waals surface area contributed by atoms with Crippen molar-refractivity contribution in [3.63, 3.8) is 0 Å². The van der Waals surface area contributed by atoms with Gasteiger partial charge < -0.3 is 19.7 Å². The number of nitrogens with zero attached hydrogens (tertiary/aromatic N) is 3. The van der Waals surface area contributed by atoms with E-state index in [1.54, 1.807) is 54.6 Å². The summed E-state index contributed by atoms with van der Waals surface area (Å²) in [6.45, 7) is 5.90. The molecular weight excluding hydrogens is 532 g/mol. The second-order valence-electron chi connectivity index (χ2n) is 9.50. The molecule has 1 N–H and O–H groups in total. The van der Waals surface area contributed by atoms with Crippen LogP contribution >= 0.6 is 11.3 Å². The maximum atomic E-state index is 13.7. The Hall–Kier alpha value is -4.51. The summed E-state index contributed by atoms with van der Waals surface area (Å²) in [5.74, 6) is -1.19. The van der Waals surface area contributed by atoms with Gasteiger partial charge in [0, 0.05) is 29.4 Å². The van der Waals surface area contributed by atoms with Crippen LogP contribution in [0.5, 0.6) is 5.75 Å². The van der Waals surface area contributed by atoms with Crippen LogP contribution in [0.4, 0.5) is 10.7 Å². The third kappa shape index (κ3) is 4.95. The normalized spacial score (nSPS) is 14.9. The Kier molecular flexibility index (Phi) is 7.40. The molecule has 11 heteroatoms. The van der Waals surface area contributed by atoms with Gasteiger partial charge in [0.25, 0.3) is 5.56 Å². The van der Waals surface area contributed by atoms with Gasteiger partial charge in [-0.05, 0) is 68.3 Å². The van der Waals surface area contributed by atoms with Crippen molar-refractivity contribution in [2.75, 3.05) is 30.5 Å². The number of anilines is 2. The summed E-state index contributed by atoms with van der Waals surface area (Å²) in [5.41, 5.74) is 2.65. The largest absolute Gasteiger partial charge is 0.497 e. The van der Waals surface area contributed by atoms with Gasteiger partial charge in [0.2, 0.25) is 11.8 Å². The molecule has 2 aromatic heterocycles. The highest BCUT2D eigenvalue weighted by molar-refractivity contribution is 7.16. The van der Waals surface area contributed by atoms with E-state index < -0.39 is 17.4 Å². The Morgan fingerprint density at radius 1 is 1.07 bits per heavy atom. The fraction of sp³-hybridized carbons (Fsp3) is 0.276. The van der Waals surface area contributed by atoms with Crippen LogP contribution in [0, 0.1) is 19.8 Å². The number of methoxy groups -OCH3 is 1. The van der Waals surface area contributed by atoms with Crippen LogP contribution in [0.3, 0.4) is 0 Å². The quantitative estimate of drug-likeness (QED) is 0.336. The molecule has 3 heterocycles. The highest BCUT2D eigenvalue weighted by Gasteiger charge is 2.36. The molecule has 0 bridgehead atoms. The Balaban J connectivity index is 1.49. The van der Waals surface area contributed by atoms with Gasteiger partial charge in [-0.3, -0.25) is 14.4 Å². The molecule has 1 saturated heterocycles. The Bertz CT molecular complexity index is 1690. The average Bonchev–Trinajstić information content (AvgIpc) is 3.55. The molecule has 10 nitrogen and oxygen atoms in total. The lowest BCUT2D eigenvalue weighted by Crippen LogP contribution is -2.29. The van der Waals surface area contributed by atoms with Gasteiger partial charge in [-0.15, -0.1) is 11.3 Å². The van der Waals surface area contributed by atoms with E-state index in [-0.39, 0.29) is 47.5 Å². The zero-order chi connectivity index (χ0) is 28.6. The molecule has 2 aromatic carbocycles. The fourth-order valence-corrected chi connectivity index (χ4v) is 5.57. The number of carbonyl (C=O) groups excluding carboxylic acids is 3. The second-order valence-corrected chi connectivity index (χ2v) is 10.4. The number of fused-ring (bicyclic) bond motifs is 1. The van der Waals surface area contributed by atoms with Crippen LogP contribution in [-0.2, 0) is 14.3 Å². The van der Waals surface area contributed by atoms with Crippen LogP contribution in [0.2, 0.25) is 0 Å². The summed E-state index contributed by atoms with van der Waals surface area (Å²) < 4.78 is 11.6. The molecule has 0 saturated carbocycles. The van der Waals surface area contributed by atoms with Crippen molar-refractivity contribution in [1.29, 1.82) is 0 Å². The van der Waals surface area contributed by atoms with Gasteiger partial charge in [-0.1, -0.05) is 6.07 Å². The van der Waals surface area contributed by atoms with Crippen molar-refractivity contribution in [3.8, 4) is 11.4 Å². The minimum Gasteiger partial charge on any atom is -0.497 e. The molecule has 0 aliphatic carbocycles. The minimum absolute atomic E-state index is 0.0202. The van der Waals surface area contributed by atoms with Gasteiger partial charge in [-0.2, -0.15) is 9.78 Å². The van der Waals surface area contributed by atoms with Crippen LogP contribution in [-0.4, -0.2) is 47.8 Å². The predicted octanol–water partition coefficient (Wildman–Crippen LogP) is 4.24. The smallest absolute Gasteiger partial charge is 0.359 e. The number of ether oxygens (including phenoxy) is 2. The molecule has 2 amide bonds. The lowest BCUT2D eigenvalue weighted by atomic mass is 10.1. The number of hydrogen-bond donors (Lipinski definition) is 1. The monoisotopic (exact) mass is 560 g/mol. The third-order valence-corrected chi connectivity index (χ3v) is 7.87. The van der Waals surface area contributed by atoms with Crippen LogP contribution in [0.1, 0.15) is 35.0 Å². The van der Waals surface area contributed by atoms with Crippen molar-refractivity contribution in [2.45, 2.75) is 27.2 Å². The third-order valence-electron chi connectivity index (χ3n) is 6.97. The van der Waals surface area contributed by atoms with E-state index in [1.807, 2.05) is 26.0 Å². The zero-order valence-corrected chi connectivity index (χ0v) is 23.3. The second kappa shape index (κ2) is 10.9. The molecule has 0 radical (unpaired) electrons. The molecule has 1 unspecified atom stereocenters. The van der Waals surface area contributed by atoms with E-state index in [0.29, 0.717) is 22.5 Å². The predicted molar refractivity (Wildman–Crippen MR) is 153 cm³/mol. The van der Waals surface area contributed by atoms with Crippen molar-refractivity contribution in [3.05, 3.63) is 75.0 Å². The molecule has 1 aliphatic heterocycles. The summed E-state index contributed by atoms with van der Waals surface area (Å²) >= 11 is 1.12. The summed E-state index contributed by atoms with van der Waals surface area (Å²) in [6, 6.07) is 12.5. The molecule has 1 fully saturated rings. The first-order chi connectivity index (χ1) is 19.2. The van der Waals surface area contributed by atoms with Gasteiger partial charge in [0.1, 0.15) is 10.8 Å². The number of aryl methyl sites for hydroxylation is 2. The van der Waals surface area contributed by atoms with Gasteiger partial charge in [0.05, 0.1) is 30.7 Å². The number of thiophene rings is 1. The standard InChI is InChI=1S/C29H28N4O6S/c1-5-39-29(37)25-22-15-40-27(24(22)28(36)33(31-25)20-7-6-16(2)17(3)12-20)30-26(35)18-13-23(34)32(14-18)19-8-10-21(38-4)11-9-19/h6-12,15,18H,5,13-14H2,1-4H3,(H,30,35). The number of carbonyl (C=O) groups is 3. The van der Waals surface area contributed by atoms with Gasteiger partial charge in [0.15, 0.2) is 5.69 Å². The van der Waals surface area contributed by atoms with Crippen molar-refractivity contribution < 1.29 is 23.9 Å². The highest BCUT2D eigenvalue weighted by atomic mass is 32.1. The molecule has 4 aromatic rings. The Labute approximate surface area is 234 Å². The number of hydrogen-bond acceptors (Lipinski definition) is 8. The average molecular weight is 561 g/mol. The Morgan fingerprint density at radius 3 is 2.48 bits per heavy atom.